The van der Waals surface area contributed by atoms with Crippen LogP contribution in [0.5, 0.6) is 0 Å². The van der Waals surface area contributed by atoms with Crippen LogP contribution in [-0.4, -0.2) is 17.2 Å². The molecule has 0 amide bonds. The van der Waals surface area contributed by atoms with E-state index >= 15 is 0 Å². The first-order valence-corrected chi connectivity index (χ1v) is 6.88. The SMILES string of the molecule is CNC(c1ccccc1)c1nnc(-c2ccoc2Br)o1. The van der Waals surface area contributed by atoms with E-state index in [0.29, 0.717) is 16.5 Å². The van der Waals surface area contributed by atoms with Crippen molar-refractivity contribution in [3.63, 3.8) is 0 Å². The molecule has 0 spiro atoms. The zero-order valence-electron chi connectivity index (χ0n) is 10.7. The van der Waals surface area contributed by atoms with Crippen LogP contribution in [0.3, 0.4) is 0 Å². The molecule has 0 aliphatic heterocycles. The maximum Gasteiger partial charge on any atom is 0.252 e. The van der Waals surface area contributed by atoms with Gasteiger partial charge in [-0.25, -0.2) is 0 Å². The average Bonchev–Trinajstić information content (AvgIpc) is 3.10. The van der Waals surface area contributed by atoms with Crippen LogP contribution >= 0.6 is 15.9 Å². The summed E-state index contributed by atoms with van der Waals surface area (Å²) >= 11 is 3.30. The summed E-state index contributed by atoms with van der Waals surface area (Å²) in [6.07, 6.45) is 1.57. The molecule has 0 aliphatic rings. The van der Waals surface area contributed by atoms with E-state index in [2.05, 4.69) is 31.4 Å². The predicted octanol–water partition coefficient (Wildman–Crippen LogP) is 3.40. The molecule has 3 rings (SSSR count). The topological polar surface area (TPSA) is 64.1 Å². The lowest BCUT2D eigenvalue weighted by molar-refractivity contribution is 0.454. The summed E-state index contributed by atoms with van der Waals surface area (Å²) in [5.41, 5.74) is 1.81. The fourth-order valence-corrected chi connectivity index (χ4v) is 2.39. The van der Waals surface area contributed by atoms with Gasteiger partial charge in [0.05, 0.1) is 11.8 Å². The normalized spacial score (nSPS) is 12.5. The summed E-state index contributed by atoms with van der Waals surface area (Å²) in [5.74, 6) is 0.943. The van der Waals surface area contributed by atoms with Crippen LogP contribution in [0, 0.1) is 0 Å². The molecule has 1 N–H and O–H groups in total. The lowest BCUT2D eigenvalue weighted by atomic mass is 10.1. The number of furan rings is 1. The second-order valence-electron chi connectivity index (χ2n) is 4.19. The third-order valence-electron chi connectivity index (χ3n) is 2.96. The maximum absolute atomic E-state index is 5.74. The van der Waals surface area contributed by atoms with Gasteiger partial charge in [-0.15, -0.1) is 10.2 Å². The molecule has 0 radical (unpaired) electrons. The molecule has 3 aromatic rings. The number of halogens is 1. The van der Waals surface area contributed by atoms with E-state index in [0.717, 1.165) is 11.1 Å². The Bertz CT molecular complexity index is 693. The van der Waals surface area contributed by atoms with E-state index in [9.17, 15) is 0 Å². The minimum absolute atomic E-state index is 0.136. The van der Waals surface area contributed by atoms with Crippen molar-refractivity contribution in [2.45, 2.75) is 6.04 Å². The molecule has 0 bridgehead atoms. The Hall–Kier alpha value is -1.92. The van der Waals surface area contributed by atoms with Crippen molar-refractivity contribution in [1.82, 2.24) is 15.5 Å². The highest BCUT2D eigenvalue weighted by atomic mass is 79.9. The number of hydrogen-bond donors (Lipinski definition) is 1. The number of benzene rings is 1. The van der Waals surface area contributed by atoms with Gasteiger partial charge >= 0.3 is 0 Å². The average molecular weight is 334 g/mol. The third kappa shape index (κ3) is 2.39. The summed E-state index contributed by atoms with van der Waals surface area (Å²) in [6.45, 7) is 0. The summed E-state index contributed by atoms with van der Waals surface area (Å²) < 4.78 is 11.5. The Balaban J connectivity index is 1.95. The third-order valence-corrected chi connectivity index (χ3v) is 3.57. The Labute approximate surface area is 124 Å². The van der Waals surface area contributed by atoms with Crippen molar-refractivity contribution in [3.8, 4) is 11.5 Å². The van der Waals surface area contributed by atoms with E-state index in [1.807, 2.05) is 37.4 Å². The quantitative estimate of drug-likeness (QED) is 0.792. The number of nitrogens with one attached hydrogen (secondary N) is 1. The molecule has 0 aliphatic carbocycles. The first kappa shape index (κ1) is 13.1. The maximum atomic E-state index is 5.74. The number of hydrogen-bond acceptors (Lipinski definition) is 5. The van der Waals surface area contributed by atoms with Crippen LogP contribution in [0.1, 0.15) is 17.5 Å². The van der Waals surface area contributed by atoms with Gasteiger partial charge in [0.1, 0.15) is 6.04 Å². The fourth-order valence-electron chi connectivity index (χ4n) is 1.98. The van der Waals surface area contributed by atoms with Gasteiger partial charge < -0.3 is 14.2 Å². The molecule has 0 saturated carbocycles. The van der Waals surface area contributed by atoms with Crippen molar-refractivity contribution >= 4 is 15.9 Å². The van der Waals surface area contributed by atoms with E-state index in [1.54, 1.807) is 12.3 Å². The zero-order chi connectivity index (χ0) is 13.9. The highest BCUT2D eigenvalue weighted by Crippen LogP contribution is 2.30. The van der Waals surface area contributed by atoms with Gasteiger partial charge in [0, 0.05) is 0 Å². The Kier molecular flexibility index (Phi) is 3.66. The Morgan fingerprint density at radius 1 is 1.15 bits per heavy atom. The van der Waals surface area contributed by atoms with Crippen molar-refractivity contribution in [1.29, 1.82) is 0 Å². The van der Waals surface area contributed by atoms with Gasteiger partial charge in [-0.2, -0.15) is 0 Å². The Morgan fingerprint density at radius 3 is 2.60 bits per heavy atom. The second-order valence-corrected chi connectivity index (χ2v) is 4.91. The van der Waals surface area contributed by atoms with Gasteiger partial charge in [0.25, 0.3) is 5.89 Å². The molecule has 5 nitrogen and oxygen atoms in total. The molecule has 0 fully saturated rings. The van der Waals surface area contributed by atoms with Crippen LogP contribution in [0.4, 0.5) is 0 Å². The van der Waals surface area contributed by atoms with Crippen molar-refractivity contribution in [2.75, 3.05) is 7.05 Å². The lowest BCUT2D eigenvalue weighted by Gasteiger charge is -2.11. The second kappa shape index (κ2) is 5.60. The predicted molar refractivity (Wildman–Crippen MR) is 77.0 cm³/mol. The largest absolute Gasteiger partial charge is 0.457 e. The molecule has 1 aromatic carbocycles. The van der Waals surface area contributed by atoms with Crippen molar-refractivity contribution in [3.05, 3.63) is 58.8 Å². The van der Waals surface area contributed by atoms with Crippen molar-refractivity contribution < 1.29 is 8.83 Å². The molecule has 2 heterocycles. The van der Waals surface area contributed by atoms with Crippen LogP contribution in [-0.2, 0) is 0 Å². The molecule has 1 unspecified atom stereocenters. The van der Waals surface area contributed by atoms with E-state index < -0.39 is 0 Å². The van der Waals surface area contributed by atoms with Crippen LogP contribution in [0.15, 0.2) is 56.2 Å². The molecule has 0 saturated heterocycles. The van der Waals surface area contributed by atoms with Crippen LogP contribution in [0.25, 0.3) is 11.5 Å². The first-order chi connectivity index (χ1) is 9.79. The smallest absolute Gasteiger partial charge is 0.252 e. The summed E-state index contributed by atoms with van der Waals surface area (Å²) in [5, 5.41) is 11.4. The van der Waals surface area contributed by atoms with Crippen LogP contribution in [0.2, 0.25) is 0 Å². The lowest BCUT2D eigenvalue weighted by Crippen LogP contribution is -2.17. The minimum atomic E-state index is -0.136. The zero-order valence-corrected chi connectivity index (χ0v) is 12.3. The van der Waals surface area contributed by atoms with Crippen LogP contribution < -0.4 is 5.32 Å². The number of rotatable bonds is 4. The van der Waals surface area contributed by atoms with Gasteiger partial charge in [-0.1, -0.05) is 30.3 Å². The monoisotopic (exact) mass is 333 g/mol. The van der Waals surface area contributed by atoms with Gasteiger partial charge in [0.15, 0.2) is 4.67 Å². The van der Waals surface area contributed by atoms with Gasteiger partial charge in [-0.3, -0.25) is 0 Å². The minimum Gasteiger partial charge on any atom is -0.457 e. The van der Waals surface area contributed by atoms with E-state index in [-0.39, 0.29) is 6.04 Å². The highest BCUT2D eigenvalue weighted by molar-refractivity contribution is 9.10. The molecular formula is C14H12BrN3O2. The highest BCUT2D eigenvalue weighted by Gasteiger charge is 2.20. The fraction of sp³-hybridized carbons (Fsp3) is 0.143. The molecular weight excluding hydrogens is 322 g/mol. The molecule has 102 valence electrons. The molecule has 6 heteroatoms. The standard InChI is InChI=1S/C14H12BrN3O2/c1-16-11(9-5-3-2-4-6-9)14-18-17-13(20-14)10-7-8-19-12(10)15/h2-8,11,16H,1H3. The van der Waals surface area contributed by atoms with Gasteiger partial charge in [-0.05, 0) is 34.6 Å². The van der Waals surface area contributed by atoms with Crippen molar-refractivity contribution in [2.24, 2.45) is 0 Å². The first-order valence-electron chi connectivity index (χ1n) is 6.08. The molecule has 20 heavy (non-hydrogen) atoms. The summed E-state index contributed by atoms with van der Waals surface area (Å²) in [6, 6.07) is 11.6. The van der Waals surface area contributed by atoms with E-state index in [1.165, 1.54) is 0 Å². The Morgan fingerprint density at radius 2 is 1.95 bits per heavy atom. The summed E-state index contributed by atoms with van der Waals surface area (Å²) in [4.78, 5) is 0. The number of nitrogens with zero attached hydrogens (tertiary/aromatic N) is 2. The van der Waals surface area contributed by atoms with E-state index in [4.69, 9.17) is 8.83 Å². The van der Waals surface area contributed by atoms with Gasteiger partial charge in [0.2, 0.25) is 5.89 Å². The summed E-state index contributed by atoms with van der Waals surface area (Å²) in [7, 11) is 1.86. The molecule has 2 aromatic heterocycles. The molecule has 1 atom stereocenters. The number of aromatic nitrogens is 2.